The second kappa shape index (κ2) is 6.69. The standard InChI is InChI=1S/C13H23N3O4/c1-8(2)10(11(18)19)15-12(20)13(5-3-4-6-13)16-9(17)7-14/h8,10H,3-7,14H2,1-2H3,(H,15,20)(H,16,17)(H,18,19)/t10-/m0/s1. The third-order valence-electron chi connectivity index (χ3n) is 3.68. The van der Waals surface area contributed by atoms with Gasteiger partial charge in [0.2, 0.25) is 11.8 Å². The molecule has 7 heteroatoms. The van der Waals surface area contributed by atoms with Gasteiger partial charge in [0.1, 0.15) is 11.6 Å². The van der Waals surface area contributed by atoms with E-state index in [1.807, 2.05) is 0 Å². The Morgan fingerprint density at radius 3 is 2.20 bits per heavy atom. The lowest BCUT2D eigenvalue weighted by Gasteiger charge is -2.31. The van der Waals surface area contributed by atoms with Gasteiger partial charge in [-0.05, 0) is 18.8 Å². The summed E-state index contributed by atoms with van der Waals surface area (Å²) in [6.45, 7) is 3.25. The highest BCUT2D eigenvalue weighted by atomic mass is 16.4. The lowest BCUT2D eigenvalue weighted by molar-refractivity contribution is -0.144. The molecule has 0 heterocycles. The minimum Gasteiger partial charge on any atom is -0.480 e. The van der Waals surface area contributed by atoms with Crippen LogP contribution in [0.5, 0.6) is 0 Å². The van der Waals surface area contributed by atoms with E-state index in [2.05, 4.69) is 10.6 Å². The molecule has 0 aromatic heterocycles. The molecule has 0 unspecified atom stereocenters. The molecule has 0 radical (unpaired) electrons. The van der Waals surface area contributed by atoms with Crippen LogP contribution in [0.1, 0.15) is 39.5 Å². The number of amides is 2. The fourth-order valence-electron chi connectivity index (χ4n) is 2.50. The zero-order valence-corrected chi connectivity index (χ0v) is 11.9. The molecule has 1 aliphatic carbocycles. The van der Waals surface area contributed by atoms with Gasteiger partial charge in [0.15, 0.2) is 0 Å². The summed E-state index contributed by atoms with van der Waals surface area (Å²) in [5.74, 6) is -2.15. The summed E-state index contributed by atoms with van der Waals surface area (Å²) in [6.07, 6.45) is 2.65. The molecule has 1 fully saturated rings. The lowest BCUT2D eigenvalue weighted by atomic mass is 9.94. The van der Waals surface area contributed by atoms with Crippen molar-refractivity contribution in [3.05, 3.63) is 0 Å². The highest BCUT2D eigenvalue weighted by Crippen LogP contribution is 2.30. The first-order valence-electron chi connectivity index (χ1n) is 6.87. The predicted octanol–water partition coefficient (Wildman–Crippen LogP) is -0.400. The van der Waals surface area contributed by atoms with Crippen LogP contribution in [-0.2, 0) is 14.4 Å². The maximum absolute atomic E-state index is 12.4. The van der Waals surface area contributed by atoms with Crippen LogP contribution in [-0.4, -0.2) is 41.0 Å². The summed E-state index contributed by atoms with van der Waals surface area (Å²) in [4.78, 5) is 35.1. The number of rotatable bonds is 6. The van der Waals surface area contributed by atoms with Crippen molar-refractivity contribution in [2.45, 2.75) is 51.1 Å². The average molecular weight is 285 g/mol. The van der Waals surface area contributed by atoms with Crippen molar-refractivity contribution in [1.29, 1.82) is 0 Å². The van der Waals surface area contributed by atoms with Gasteiger partial charge in [0, 0.05) is 0 Å². The zero-order valence-electron chi connectivity index (χ0n) is 11.9. The van der Waals surface area contributed by atoms with E-state index in [1.54, 1.807) is 13.8 Å². The number of carboxylic acid groups (broad SMARTS) is 1. The van der Waals surface area contributed by atoms with E-state index in [0.717, 1.165) is 12.8 Å². The number of hydrogen-bond donors (Lipinski definition) is 4. The third kappa shape index (κ3) is 3.69. The van der Waals surface area contributed by atoms with E-state index >= 15 is 0 Å². The normalized spacial score (nSPS) is 18.6. The van der Waals surface area contributed by atoms with Crippen molar-refractivity contribution in [2.75, 3.05) is 6.54 Å². The lowest BCUT2D eigenvalue weighted by Crippen LogP contribution is -2.61. The molecular weight excluding hydrogens is 262 g/mol. The molecule has 0 aromatic carbocycles. The topological polar surface area (TPSA) is 122 Å². The van der Waals surface area contributed by atoms with Gasteiger partial charge in [0.05, 0.1) is 6.54 Å². The van der Waals surface area contributed by atoms with E-state index in [-0.39, 0.29) is 12.5 Å². The molecule has 20 heavy (non-hydrogen) atoms. The number of nitrogens with two attached hydrogens (primary N) is 1. The molecule has 2 amide bonds. The fraction of sp³-hybridized carbons (Fsp3) is 0.769. The Balaban J connectivity index is 2.84. The number of carbonyl (C=O) groups excluding carboxylic acids is 2. The van der Waals surface area contributed by atoms with Crippen molar-refractivity contribution < 1.29 is 19.5 Å². The molecule has 5 N–H and O–H groups in total. The van der Waals surface area contributed by atoms with E-state index in [1.165, 1.54) is 0 Å². The highest BCUT2D eigenvalue weighted by Gasteiger charge is 2.43. The molecule has 1 atom stereocenters. The maximum Gasteiger partial charge on any atom is 0.326 e. The number of aliphatic carboxylic acids is 1. The summed E-state index contributed by atoms with van der Waals surface area (Å²) >= 11 is 0. The first kappa shape index (κ1) is 16.4. The van der Waals surface area contributed by atoms with Crippen LogP contribution in [0.4, 0.5) is 0 Å². The van der Waals surface area contributed by atoms with Crippen molar-refractivity contribution in [3.8, 4) is 0 Å². The first-order chi connectivity index (χ1) is 9.32. The Labute approximate surface area is 118 Å². The number of nitrogens with one attached hydrogen (secondary N) is 2. The van der Waals surface area contributed by atoms with E-state index < -0.39 is 29.4 Å². The predicted molar refractivity (Wildman–Crippen MR) is 72.8 cm³/mol. The van der Waals surface area contributed by atoms with Crippen LogP contribution in [0.3, 0.4) is 0 Å². The molecule has 7 nitrogen and oxygen atoms in total. The molecule has 1 saturated carbocycles. The van der Waals surface area contributed by atoms with Gasteiger partial charge >= 0.3 is 5.97 Å². The van der Waals surface area contributed by atoms with Crippen LogP contribution in [0.15, 0.2) is 0 Å². The van der Waals surface area contributed by atoms with E-state index in [9.17, 15) is 14.4 Å². The highest BCUT2D eigenvalue weighted by molar-refractivity contribution is 5.94. The molecule has 1 rings (SSSR count). The van der Waals surface area contributed by atoms with Crippen LogP contribution in [0, 0.1) is 5.92 Å². The maximum atomic E-state index is 12.4. The zero-order chi connectivity index (χ0) is 15.3. The van der Waals surface area contributed by atoms with Crippen LogP contribution in [0.2, 0.25) is 0 Å². The largest absolute Gasteiger partial charge is 0.480 e. The molecule has 0 bridgehead atoms. The SMILES string of the molecule is CC(C)[C@H](NC(=O)C1(NC(=O)CN)CCCC1)C(=O)O. The Morgan fingerprint density at radius 2 is 1.80 bits per heavy atom. The summed E-state index contributed by atoms with van der Waals surface area (Å²) in [6, 6.07) is -0.963. The molecule has 1 aliphatic rings. The number of carboxylic acids is 1. The molecular formula is C13H23N3O4. The molecule has 0 spiro atoms. The van der Waals surface area contributed by atoms with Gasteiger partial charge in [0.25, 0.3) is 0 Å². The average Bonchev–Trinajstić information content (AvgIpc) is 2.84. The van der Waals surface area contributed by atoms with Crippen LogP contribution >= 0.6 is 0 Å². The number of carbonyl (C=O) groups is 3. The minimum atomic E-state index is -1.08. The monoisotopic (exact) mass is 285 g/mol. The van der Waals surface area contributed by atoms with Gasteiger partial charge in [-0.1, -0.05) is 26.7 Å². The van der Waals surface area contributed by atoms with Gasteiger partial charge in [-0.2, -0.15) is 0 Å². The third-order valence-corrected chi connectivity index (χ3v) is 3.68. The molecule has 0 aromatic rings. The van der Waals surface area contributed by atoms with Gasteiger partial charge in [-0.15, -0.1) is 0 Å². The summed E-state index contributed by atoms with van der Waals surface area (Å²) in [5.41, 5.74) is 4.25. The fourth-order valence-corrected chi connectivity index (χ4v) is 2.50. The first-order valence-corrected chi connectivity index (χ1v) is 6.87. The minimum absolute atomic E-state index is 0.193. The molecule has 0 saturated heterocycles. The summed E-state index contributed by atoms with van der Waals surface area (Å²) < 4.78 is 0. The van der Waals surface area contributed by atoms with E-state index in [0.29, 0.717) is 12.8 Å². The van der Waals surface area contributed by atoms with Gasteiger partial charge < -0.3 is 21.5 Å². The number of hydrogen-bond acceptors (Lipinski definition) is 4. The van der Waals surface area contributed by atoms with Crippen molar-refractivity contribution in [1.82, 2.24) is 10.6 Å². The van der Waals surface area contributed by atoms with Gasteiger partial charge in [-0.25, -0.2) is 4.79 Å². The Bertz CT molecular complexity index is 389. The van der Waals surface area contributed by atoms with Gasteiger partial charge in [-0.3, -0.25) is 9.59 Å². The second-order valence-corrected chi connectivity index (χ2v) is 5.57. The Morgan fingerprint density at radius 1 is 1.25 bits per heavy atom. The van der Waals surface area contributed by atoms with Crippen LogP contribution < -0.4 is 16.4 Å². The second-order valence-electron chi connectivity index (χ2n) is 5.57. The van der Waals surface area contributed by atoms with Crippen molar-refractivity contribution in [2.24, 2.45) is 11.7 Å². The van der Waals surface area contributed by atoms with E-state index in [4.69, 9.17) is 10.8 Å². The molecule has 0 aliphatic heterocycles. The van der Waals surface area contributed by atoms with Crippen molar-refractivity contribution in [3.63, 3.8) is 0 Å². The Hall–Kier alpha value is -1.63. The molecule has 114 valence electrons. The quantitative estimate of drug-likeness (QED) is 0.529. The summed E-state index contributed by atoms with van der Waals surface area (Å²) in [5, 5.41) is 14.3. The Kier molecular flexibility index (Phi) is 5.50. The van der Waals surface area contributed by atoms with Crippen molar-refractivity contribution >= 4 is 17.8 Å². The van der Waals surface area contributed by atoms with Crippen LogP contribution in [0.25, 0.3) is 0 Å². The smallest absolute Gasteiger partial charge is 0.326 e. The summed E-state index contributed by atoms with van der Waals surface area (Å²) in [7, 11) is 0.